The molecule has 3 aromatic carbocycles. The highest BCUT2D eigenvalue weighted by Gasteiger charge is 2.34. The van der Waals surface area contributed by atoms with Crippen LogP contribution in [0.1, 0.15) is 35.6 Å². The molecule has 1 fully saturated rings. The Bertz CT molecular complexity index is 1210. The molecule has 0 saturated carbocycles. The lowest BCUT2D eigenvalue weighted by atomic mass is 9.90. The summed E-state index contributed by atoms with van der Waals surface area (Å²) in [6, 6.07) is 19.0. The maximum absolute atomic E-state index is 11.9. The molecule has 3 aromatic rings. The third kappa shape index (κ3) is 5.97. The van der Waals surface area contributed by atoms with Crippen molar-refractivity contribution in [3.63, 3.8) is 0 Å². The molecule has 4 rings (SSSR count). The van der Waals surface area contributed by atoms with Crippen LogP contribution in [0.2, 0.25) is 0 Å². The zero-order chi connectivity index (χ0) is 27.1. The van der Waals surface area contributed by atoms with E-state index in [0.29, 0.717) is 48.3 Å². The molecule has 0 spiro atoms. The van der Waals surface area contributed by atoms with E-state index in [1.807, 2.05) is 60.7 Å². The number of benzene rings is 3. The fourth-order valence-corrected chi connectivity index (χ4v) is 5.01. The molecule has 1 heterocycles. The van der Waals surface area contributed by atoms with Gasteiger partial charge in [-0.3, -0.25) is 9.69 Å². The van der Waals surface area contributed by atoms with Crippen LogP contribution in [-0.4, -0.2) is 57.5 Å². The van der Waals surface area contributed by atoms with Gasteiger partial charge in [-0.1, -0.05) is 30.3 Å². The van der Waals surface area contributed by atoms with Gasteiger partial charge in [0.15, 0.2) is 11.5 Å². The van der Waals surface area contributed by atoms with E-state index in [4.69, 9.17) is 23.7 Å². The monoisotopic (exact) mass is 521 g/mol. The van der Waals surface area contributed by atoms with Crippen LogP contribution in [0.25, 0.3) is 0 Å². The standard InChI is InChI=1S/C30H35NO7/c1-34-23-12-13-25(35-2)24(17-23)28(31-14-8-11-21(18-31)30(32)33)22-15-26(36-3)29(27(16-22)37-4)38-19-20-9-6-5-7-10-20/h5-7,9-10,12-13,15-17,21,28H,8,11,14,18-19H2,1-4H3,(H,32,33). The van der Waals surface area contributed by atoms with E-state index in [1.165, 1.54) is 0 Å². The van der Waals surface area contributed by atoms with Crippen molar-refractivity contribution in [1.29, 1.82) is 0 Å². The van der Waals surface area contributed by atoms with Crippen molar-refractivity contribution < 1.29 is 33.6 Å². The van der Waals surface area contributed by atoms with Gasteiger partial charge in [-0.2, -0.15) is 0 Å². The molecule has 202 valence electrons. The lowest BCUT2D eigenvalue weighted by Crippen LogP contribution is -2.41. The maximum Gasteiger partial charge on any atom is 0.307 e. The average Bonchev–Trinajstić information content (AvgIpc) is 2.96. The van der Waals surface area contributed by atoms with Crippen molar-refractivity contribution in [3.8, 4) is 28.7 Å². The minimum absolute atomic E-state index is 0.340. The van der Waals surface area contributed by atoms with E-state index in [2.05, 4.69) is 4.90 Å². The average molecular weight is 522 g/mol. The number of carboxylic acid groups (broad SMARTS) is 1. The number of rotatable bonds is 11. The fourth-order valence-electron chi connectivity index (χ4n) is 5.01. The summed E-state index contributed by atoms with van der Waals surface area (Å²) in [6.07, 6.45) is 1.42. The Balaban J connectivity index is 1.81. The Hall–Kier alpha value is -3.91. The highest BCUT2D eigenvalue weighted by atomic mass is 16.5. The van der Waals surface area contributed by atoms with Crippen LogP contribution in [-0.2, 0) is 11.4 Å². The number of carbonyl (C=O) groups is 1. The van der Waals surface area contributed by atoms with Gasteiger partial charge < -0.3 is 28.8 Å². The topological polar surface area (TPSA) is 86.7 Å². The molecule has 38 heavy (non-hydrogen) atoms. The molecule has 0 aliphatic carbocycles. The van der Waals surface area contributed by atoms with Crippen molar-refractivity contribution in [2.45, 2.75) is 25.5 Å². The number of carboxylic acids is 1. The van der Waals surface area contributed by atoms with Gasteiger partial charge in [0.25, 0.3) is 0 Å². The Morgan fingerprint density at radius 1 is 0.921 bits per heavy atom. The molecule has 0 bridgehead atoms. The maximum atomic E-state index is 11.9. The van der Waals surface area contributed by atoms with E-state index in [9.17, 15) is 9.90 Å². The van der Waals surface area contributed by atoms with E-state index in [-0.39, 0.29) is 6.04 Å². The zero-order valence-corrected chi connectivity index (χ0v) is 22.3. The van der Waals surface area contributed by atoms with E-state index in [1.54, 1.807) is 28.4 Å². The largest absolute Gasteiger partial charge is 0.497 e. The number of hydrogen-bond acceptors (Lipinski definition) is 7. The second-order valence-corrected chi connectivity index (χ2v) is 9.21. The molecule has 2 unspecified atom stereocenters. The molecular formula is C30H35NO7. The first kappa shape index (κ1) is 27.1. The third-order valence-corrected chi connectivity index (χ3v) is 6.92. The highest BCUT2D eigenvalue weighted by Crippen LogP contribution is 2.45. The van der Waals surface area contributed by atoms with E-state index in [0.717, 1.165) is 29.7 Å². The molecule has 8 nitrogen and oxygen atoms in total. The van der Waals surface area contributed by atoms with Crippen LogP contribution < -0.4 is 23.7 Å². The minimum Gasteiger partial charge on any atom is -0.497 e. The first-order chi connectivity index (χ1) is 18.5. The molecule has 1 aliphatic rings. The van der Waals surface area contributed by atoms with Crippen LogP contribution in [0.4, 0.5) is 0 Å². The Labute approximate surface area is 223 Å². The summed E-state index contributed by atoms with van der Waals surface area (Å²) in [5.74, 6) is 1.66. The number of piperidine rings is 1. The van der Waals surface area contributed by atoms with Gasteiger partial charge in [0, 0.05) is 12.1 Å². The predicted molar refractivity (Wildman–Crippen MR) is 144 cm³/mol. The number of aliphatic carboxylic acids is 1. The second kappa shape index (κ2) is 12.6. The molecule has 1 saturated heterocycles. The van der Waals surface area contributed by atoms with Gasteiger partial charge in [0.1, 0.15) is 18.1 Å². The number of methoxy groups -OCH3 is 4. The van der Waals surface area contributed by atoms with E-state index >= 15 is 0 Å². The van der Waals surface area contributed by atoms with Crippen LogP contribution in [0.15, 0.2) is 60.7 Å². The molecule has 0 radical (unpaired) electrons. The van der Waals surface area contributed by atoms with Crippen LogP contribution in [0, 0.1) is 5.92 Å². The summed E-state index contributed by atoms with van der Waals surface area (Å²) in [4.78, 5) is 14.1. The van der Waals surface area contributed by atoms with Crippen molar-refractivity contribution >= 4 is 5.97 Å². The minimum atomic E-state index is -0.786. The summed E-state index contributed by atoms with van der Waals surface area (Å²) >= 11 is 0. The number of ether oxygens (including phenoxy) is 5. The zero-order valence-electron chi connectivity index (χ0n) is 22.3. The van der Waals surface area contributed by atoms with Crippen molar-refractivity contribution in [2.75, 3.05) is 41.5 Å². The smallest absolute Gasteiger partial charge is 0.307 e. The van der Waals surface area contributed by atoms with E-state index < -0.39 is 11.9 Å². The molecule has 2 atom stereocenters. The van der Waals surface area contributed by atoms with Gasteiger partial charge in [0.2, 0.25) is 5.75 Å². The molecular weight excluding hydrogens is 486 g/mol. The third-order valence-electron chi connectivity index (χ3n) is 6.92. The predicted octanol–water partition coefficient (Wildman–Crippen LogP) is 5.19. The molecule has 1 aliphatic heterocycles. The SMILES string of the molecule is COc1ccc(OC)c(C(c2cc(OC)c(OCc3ccccc3)c(OC)c2)N2CCCC(C(=O)O)C2)c1. The lowest BCUT2D eigenvalue weighted by molar-refractivity contribution is -0.143. The van der Waals surface area contributed by atoms with Gasteiger partial charge >= 0.3 is 5.97 Å². The first-order valence-electron chi connectivity index (χ1n) is 12.6. The number of hydrogen-bond donors (Lipinski definition) is 1. The van der Waals surface area contributed by atoms with Crippen LogP contribution in [0.5, 0.6) is 28.7 Å². The summed E-state index contributed by atoms with van der Waals surface area (Å²) in [5, 5.41) is 9.79. The molecule has 0 aromatic heterocycles. The summed E-state index contributed by atoms with van der Waals surface area (Å²) in [6.45, 7) is 1.48. The van der Waals surface area contributed by atoms with Crippen molar-refractivity contribution in [3.05, 3.63) is 77.4 Å². The van der Waals surface area contributed by atoms with Gasteiger partial charge in [-0.05, 0) is 60.8 Å². The number of nitrogens with zero attached hydrogens (tertiary/aromatic N) is 1. The second-order valence-electron chi connectivity index (χ2n) is 9.21. The van der Waals surface area contributed by atoms with Gasteiger partial charge in [-0.25, -0.2) is 0 Å². The lowest BCUT2D eigenvalue weighted by Gasteiger charge is -2.38. The van der Waals surface area contributed by atoms with Crippen LogP contribution >= 0.6 is 0 Å². The molecule has 8 heteroatoms. The normalized spacial score (nSPS) is 16.4. The quantitative estimate of drug-likeness (QED) is 0.369. The van der Waals surface area contributed by atoms with Crippen molar-refractivity contribution in [2.24, 2.45) is 5.92 Å². The van der Waals surface area contributed by atoms with Crippen molar-refractivity contribution in [1.82, 2.24) is 4.90 Å². The summed E-state index contributed by atoms with van der Waals surface area (Å²) < 4.78 is 29.0. The summed E-state index contributed by atoms with van der Waals surface area (Å²) in [5.41, 5.74) is 2.75. The molecule has 1 N–H and O–H groups in total. The Morgan fingerprint density at radius 3 is 2.21 bits per heavy atom. The van der Waals surface area contributed by atoms with Crippen LogP contribution in [0.3, 0.4) is 0 Å². The highest BCUT2D eigenvalue weighted by molar-refractivity contribution is 5.70. The number of likely N-dealkylation sites (tertiary alicyclic amines) is 1. The van der Waals surface area contributed by atoms with Gasteiger partial charge in [0.05, 0.1) is 40.4 Å². The Morgan fingerprint density at radius 2 is 1.61 bits per heavy atom. The fraction of sp³-hybridized carbons (Fsp3) is 0.367. The van der Waals surface area contributed by atoms with Gasteiger partial charge in [-0.15, -0.1) is 0 Å². The summed E-state index contributed by atoms with van der Waals surface area (Å²) in [7, 11) is 6.43. The Kier molecular flexibility index (Phi) is 8.97. The molecule has 0 amide bonds. The first-order valence-corrected chi connectivity index (χ1v) is 12.6.